The molecule has 7 N–H and O–H groups in total. The molecule has 0 aromatic rings. The SMILES string of the molecule is C/C=C/C[C@@H](C)[C@@H](O)[C@@H]1C(=O)N[C@H](CC)C(=O)N(C)[C@H](CSCCCC(=N)N)C(=O)N(C)[C@@H](CC(C)C)C(=O)N[C@H](C(C)C)C(=O)N(C)[C@@H]2CC(C)N(C2=O)[C@H](C)C(=O)N[C@@H](C)C(=O)N(C)[C@H](CC(C)C)C(=O)N(C)[C@H](CC(C)C)C(=O)N(C)[C@H](C(C)C)C(=O)N1C. The van der Waals surface area contributed by atoms with E-state index in [-0.39, 0.29) is 67.9 Å². The summed E-state index contributed by atoms with van der Waals surface area (Å²) in [7, 11) is 10.0. The zero-order valence-electron chi connectivity index (χ0n) is 59.7. The Balaban J connectivity index is 3.09. The number of thioether (sulfide) groups is 1. The van der Waals surface area contributed by atoms with E-state index in [9.17, 15) is 29.1 Å². The summed E-state index contributed by atoms with van der Waals surface area (Å²) in [6, 6.07) is -14.2. The van der Waals surface area contributed by atoms with Crippen molar-refractivity contribution in [1.29, 1.82) is 5.41 Å². The van der Waals surface area contributed by atoms with E-state index in [4.69, 9.17) is 11.1 Å². The van der Waals surface area contributed by atoms with Crippen LogP contribution in [0, 0.1) is 40.9 Å². The molecule has 2 aliphatic rings. The van der Waals surface area contributed by atoms with Crippen molar-refractivity contribution in [2.45, 2.75) is 241 Å². The van der Waals surface area contributed by atoms with Gasteiger partial charge in [-0.3, -0.25) is 58.1 Å². The number of rotatable bonds is 19. The molecule has 1 unspecified atom stereocenters. The second kappa shape index (κ2) is 37.0. The first kappa shape index (κ1) is 81.8. The van der Waals surface area contributed by atoms with E-state index >= 15 is 28.8 Å². The van der Waals surface area contributed by atoms with Gasteiger partial charge >= 0.3 is 0 Å². The van der Waals surface area contributed by atoms with Crippen molar-refractivity contribution < 1.29 is 57.8 Å². The van der Waals surface area contributed by atoms with Gasteiger partial charge in [-0.25, -0.2) is 0 Å². The fourth-order valence-electron chi connectivity index (χ4n) is 12.2. The van der Waals surface area contributed by atoms with Gasteiger partial charge in [-0.15, -0.1) is 0 Å². The molecule has 14 atom stereocenters. The fourth-order valence-corrected chi connectivity index (χ4v) is 13.3. The minimum Gasteiger partial charge on any atom is -0.390 e. The first-order chi connectivity index (χ1) is 42.6. The average molecular weight is 1320 g/mol. The van der Waals surface area contributed by atoms with Gasteiger partial charge in [-0.05, 0) is 114 Å². The Hall–Kier alpha value is -6.31. The van der Waals surface area contributed by atoms with E-state index in [0.29, 0.717) is 18.6 Å². The standard InChI is InChI=1S/C66H117N13O12S/c1-24-26-28-41(13)55(80)54-58(83)70-45(25-2)60(85)76(21)50(35-92-30-27-29-51(67)68)63(88)72(17)46(31-36(3)4)57(82)71-52(39(9)10)65(90)75(20)49-34-42(14)79(64(49)89)44(16)56(81)69-43(15)59(84)73(18)47(32-37(5)6)61(86)74(19)48(33-38(7)8)62(87)77(22)53(40(11)12)66(91)78(54)23/h24,26,36-50,52-55,80H,25,27-35H2,1-23H3,(H3,67,68)(H,69,81)(H,70,83)(H,71,82)/b26-24+/t41-,42?,43+,44-,45-,46+,47-,48-,49-,50-,52-,53-,54-,55-/m1/s1. The zero-order valence-corrected chi connectivity index (χ0v) is 60.5. The van der Waals surface area contributed by atoms with Crippen LogP contribution >= 0.6 is 11.8 Å². The summed E-state index contributed by atoms with van der Waals surface area (Å²) in [6.07, 6.45) is 3.63. The van der Waals surface area contributed by atoms with Gasteiger partial charge < -0.3 is 66.0 Å². The van der Waals surface area contributed by atoms with Gasteiger partial charge in [0.1, 0.15) is 66.5 Å². The molecule has 26 heteroatoms. The monoisotopic (exact) mass is 1320 g/mol. The van der Waals surface area contributed by atoms with Gasteiger partial charge in [0.25, 0.3) is 0 Å². The van der Waals surface area contributed by atoms with Gasteiger partial charge in [0.2, 0.25) is 65.0 Å². The number of carbonyl (C=O) groups is 11. The predicted molar refractivity (Wildman–Crippen MR) is 359 cm³/mol. The van der Waals surface area contributed by atoms with E-state index in [1.165, 1.54) is 109 Å². The highest BCUT2D eigenvalue weighted by atomic mass is 32.2. The Morgan fingerprint density at radius 1 is 0.576 bits per heavy atom. The van der Waals surface area contributed by atoms with E-state index in [1.54, 1.807) is 67.5 Å². The van der Waals surface area contributed by atoms with E-state index in [0.717, 1.165) is 4.90 Å². The van der Waals surface area contributed by atoms with Crippen LogP contribution in [-0.4, -0.2) is 255 Å². The van der Waals surface area contributed by atoms with E-state index in [1.807, 2.05) is 41.5 Å². The second-order valence-electron chi connectivity index (χ2n) is 27.7. The number of hydrogen-bond donors (Lipinski definition) is 6. The minimum absolute atomic E-state index is 0.00528. The topological polar surface area (TPSA) is 320 Å². The molecule has 0 aromatic heterocycles. The number of aliphatic hydroxyl groups excluding tert-OH is 1. The van der Waals surface area contributed by atoms with Gasteiger partial charge in [-0.2, -0.15) is 11.8 Å². The highest BCUT2D eigenvalue weighted by Gasteiger charge is 2.49. The number of hydrogen-bond acceptors (Lipinski definition) is 14. The Kier molecular flexibility index (Phi) is 32.9. The van der Waals surface area contributed by atoms with Crippen LogP contribution in [0.5, 0.6) is 0 Å². The number of carbonyl (C=O) groups excluding carboxylic acids is 11. The highest BCUT2D eigenvalue weighted by molar-refractivity contribution is 7.99. The molecule has 0 spiro atoms. The van der Waals surface area contributed by atoms with Crippen LogP contribution in [0.2, 0.25) is 0 Å². The number of amidine groups is 1. The van der Waals surface area contributed by atoms with Crippen LogP contribution in [0.4, 0.5) is 0 Å². The lowest BCUT2D eigenvalue weighted by Crippen LogP contribution is -2.64. The molecule has 2 heterocycles. The van der Waals surface area contributed by atoms with Crippen molar-refractivity contribution in [2.24, 2.45) is 41.2 Å². The number of fused-ring (bicyclic) bond motifs is 2. The smallest absolute Gasteiger partial charge is 0.246 e. The number of likely N-dealkylation sites (N-methyl/N-ethyl adjacent to an activating group) is 7. The summed E-state index contributed by atoms with van der Waals surface area (Å²) < 4.78 is 0. The second-order valence-corrected chi connectivity index (χ2v) is 28.8. The van der Waals surface area contributed by atoms with Gasteiger partial charge in [-0.1, -0.05) is 95.2 Å². The molecule has 2 saturated heterocycles. The summed E-state index contributed by atoms with van der Waals surface area (Å²) in [6.45, 7) is 28.0. The molecule has 2 rings (SSSR count). The third-order valence-corrected chi connectivity index (χ3v) is 19.1. The van der Waals surface area contributed by atoms with Crippen LogP contribution in [0.25, 0.3) is 0 Å². The first-order valence-corrected chi connectivity index (χ1v) is 34.1. The zero-order chi connectivity index (χ0) is 70.8. The molecule has 524 valence electrons. The van der Waals surface area contributed by atoms with Crippen LogP contribution in [0.3, 0.4) is 0 Å². The predicted octanol–water partition coefficient (Wildman–Crippen LogP) is 3.55. The maximum absolute atomic E-state index is 15.3. The molecule has 92 heavy (non-hydrogen) atoms. The Labute approximate surface area is 553 Å². The Morgan fingerprint density at radius 3 is 1.54 bits per heavy atom. The fraction of sp³-hybridized carbons (Fsp3) is 0.788. The normalized spacial score (nSPS) is 27.9. The summed E-state index contributed by atoms with van der Waals surface area (Å²) in [5.74, 6) is -9.15. The van der Waals surface area contributed by atoms with Gasteiger partial charge in [0.05, 0.1) is 11.9 Å². The van der Waals surface area contributed by atoms with Crippen molar-refractivity contribution in [1.82, 2.24) is 55.1 Å². The minimum atomic E-state index is -1.65. The molecule has 0 aliphatic carbocycles. The third kappa shape index (κ3) is 21.4. The first-order valence-electron chi connectivity index (χ1n) is 32.9. The van der Waals surface area contributed by atoms with Crippen molar-refractivity contribution in [3.8, 4) is 0 Å². The molecule has 0 saturated carbocycles. The molecule has 11 amide bonds. The average Bonchev–Trinajstić information content (AvgIpc) is 1.43. The summed E-state index contributed by atoms with van der Waals surface area (Å²) in [5, 5.41) is 28.5. The van der Waals surface area contributed by atoms with Crippen molar-refractivity contribution >= 4 is 82.6 Å². The van der Waals surface area contributed by atoms with Crippen LogP contribution in [0.15, 0.2) is 12.2 Å². The number of allylic oxidation sites excluding steroid dienone is 2. The lowest BCUT2D eigenvalue weighted by atomic mass is 9.91. The number of aliphatic hydroxyl groups is 1. The van der Waals surface area contributed by atoms with Crippen molar-refractivity contribution in [3.63, 3.8) is 0 Å². The number of nitrogens with one attached hydrogen (secondary N) is 4. The molecule has 25 nitrogen and oxygen atoms in total. The molecule has 2 fully saturated rings. The van der Waals surface area contributed by atoms with Crippen LogP contribution in [0.1, 0.15) is 162 Å². The summed E-state index contributed by atoms with van der Waals surface area (Å²) in [5.41, 5.74) is 5.66. The van der Waals surface area contributed by atoms with Gasteiger partial charge in [0, 0.05) is 67.5 Å². The van der Waals surface area contributed by atoms with E-state index < -0.39 is 161 Å². The van der Waals surface area contributed by atoms with Crippen LogP contribution < -0.4 is 21.7 Å². The number of nitrogens with two attached hydrogens (primary N) is 1. The molecular formula is C66H117N13O12S. The van der Waals surface area contributed by atoms with Crippen LogP contribution in [-0.2, 0) is 52.7 Å². The third-order valence-electron chi connectivity index (χ3n) is 18.0. The molecule has 2 aliphatic heterocycles. The Morgan fingerprint density at radius 2 is 1.05 bits per heavy atom. The quantitative estimate of drug-likeness (QED) is 0.0467. The van der Waals surface area contributed by atoms with Gasteiger partial charge in [0.15, 0.2) is 0 Å². The molecule has 0 aromatic carbocycles. The molecule has 2 bridgehead atoms. The number of nitrogens with zero attached hydrogens (tertiary/aromatic N) is 8. The molecule has 0 radical (unpaired) electrons. The molecular weight excluding hydrogens is 1200 g/mol. The lowest BCUT2D eigenvalue weighted by Gasteiger charge is -2.41. The summed E-state index contributed by atoms with van der Waals surface area (Å²) in [4.78, 5) is 174. The summed E-state index contributed by atoms with van der Waals surface area (Å²) >= 11 is 1.32. The largest absolute Gasteiger partial charge is 0.390 e. The van der Waals surface area contributed by atoms with E-state index in [2.05, 4.69) is 16.0 Å². The maximum Gasteiger partial charge on any atom is 0.246 e. The van der Waals surface area contributed by atoms with Crippen molar-refractivity contribution in [3.05, 3.63) is 12.2 Å². The van der Waals surface area contributed by atoms with Crippen molar-refractivity contribution in [2.75, 3.05) is 60.8 Å². The maximum atomic E-state index is 15.3. The highest BCUT2D eigenvalue weighted by Crippen LogP contribution is 2.29. The number of amides is 11. The Bertz CT molecular complexity index is 2600. The lowest BCUT2D eigenvalue weighted by molar-refractivity contribution is -0.157.